The van der Waals surface area contributed by atoms with Crippen LogP contribution in [0.1, 0.15) is 45.2 Å². The lowest BCUT2D eigenvalue weighted by Gasteiger charge is -2.37. The molecule has 7 aromatic carbocycles. The Bertz CT molecular complexity index is 2850. The Morgan fingerprint density at radius 3 is 1.53 bits per heavy atom. The van der Waals surface area contributed by atoms with Crippen LogP contribution >= 0.6 is 0 Å². The summed E-state index contributed by atoms with van der Waals surface area (Å²) in [4.78, 5) is 14.5. The molecule has 10 heteroatoms. The fourth-order valence-corrected chi connectivity index (χ4v) is 9.74. The van der Waals surface area contributed by atoms with Crippen molar-refractivity contribution < 1.29 is 23.3 Å². The van der Waals surface area contributed by atoms with Gasteiger partial charge in [-0.1, -0.05) is 194 Å². The number of hydrogen-bond acceptors (Lipinski definition) is 8. The van der Waals surface area contributed by atoms with Crippen molar-refractivity contribution >= 4 is 17.0 Å². The third-order valence-corrected chi connectivity index (χ3v) is 13.0. The van der Waals surface area contributed by atoms with Gasteiger partial charge in [0.25, 0.3) is 0 Å². The Kier molecular flexibility index (Phi) is 10.7. The molecule has 66 heavy (non-hydrogen) atoms. The highest BCUT2D eigenvalue weighted by molar-refractivity contribution is 5.84. The van der Waals surface area contributed by atoms with Crippen LogP contribution in [0.15, 0.2) is 219 Å². The van der Waals surface area contributed by atoms with Gasteiger partial charge in [-0.05, 0) is 51.1 Å². The monoisotopic (exact) mass is 871 g/mol. The number of hydrogen-bond donors (Lipinski definition) is 1. The van der Waals surface area contributed by atoms with Crippen LogP contribution in [-0.2, 0) is 32.0 Å². The predicted octanol–water partition coefficient (Wildman–Crippen LogP) is 10.8. The van der Waals surface area contributed by atoms with E-state index in [9.17, 15) is 0 Å². The van der Waals surface area contributed by atoms with Crippen molar-refractivity contribution in [1.82, 2.24) is 19.5 Å². The molecule has 1 aliphatic carbocycles. The van der Waals surface area contributed by atoms with Gasteiger partial charge in [0.15, 0.2) is 28.9 Å². The summed E-state index contributed by atoms with van der Waals surface area (Å²) < 4.78 is 46.6. The molecule has 3 heterocycles. The summed E-state index contributed by atoms with van der Waals surface area (Å²) in [5.74, 6) is 1.20. The number of imidazole rings is 1. The molecule has 1 unspecified atom stereocenters. The molecular weight excluding hydrogens is 826 g/mol. The first kappa shape index (κ1) is 41.2. The number of rotatable bonds is 15. The fourth-order valence-electron chi connectivity index (χ4n) is 9.74. The number of anilines is 1. The second-order valence-electron chi connectivity index (χ2n) is 16.7. The lowest BCUT2D eigenvalue weighted by molar-refractivity contribution is -0.143. The van der Waals surface area contributed by atoms with Gasteiger partial charge in [0.2, 0.25) is 0 Å². The first-order valence-corrected chi connectivity index (χ1v) is 22.1. The highest BCUT2D eigenvalue weighted by Gasteiger charge is 2.81. The number of halogens is 1. The summed E-state index contributed by atoms with van der Waals surface area (Å²) in [7, 11) is 1.62. The Hall–Kier alpha value is -7.50. The topological polar surface area (TPSA) is 92.6 Å². The first-order valence-electron chi connectivity index (χ1n) is 22.1. The van der Waals surface area contributed by atoms with E-state index in [-0.39, 0.29) is 6.61 Å². The second kappa shape index (κ2) is 17.1. The van der Waals surface area contributed by atoms with Crippen LogP contribution in [0, 0.1) is 0 Å². The maximum atomic E-state index is 18.5. The van der Waals surface area contributed by atoms with Gasteiger partial charge in [-0.25, -0.2) is 19.3 Å². The molecular formula is C56H46FN5O4. The minimum atomic E-state index is -2.07. The van der Waals surface area contributed by atoms with Crippen molar-refractivity contribution in [2.24, 2.45) is 0 Å². The molecule has 1 saturated carbocycles. The van der Waals surface area contributed by atoms with Crippen LogP contribution in [0.5, 0.6) is 5.75 Å². The number of benzene rings is 7. The van der Waals surface area contributed by atoms with E-state index in [4.69, 9.17) is 33.9 Å². The van der Waals surface area contributed by atoms with Crippen LogP contribution in [0.4, 0.5) is 10.2 Å². The Labute approximate surface area is 382 Å². The van der Waals surface area contributed by atoms with Gasteiger partial charge in [-0.3, -0.25) is 4.57 Å². The number of fused-ring (bicyclic) bond motifs is 2. The van der Waals surface area contributed by atoms with E-state index >= 15 is 4.39 Å². The summed E-state index contributed by atoms with van der Waals surface area (Å²) in [5.41, 5.74) is 3.22. The number of aromatic nitrogens is 4. The van der Waals surface area contributed by atoms with E-state index in [0.717, 1.165) is 38.9 Å². The average Bonchev–Trinajstić information content (AvgIpc) is 3.61. The number of alkyl halides is 1. The minimum absolute atomic E-state index is 0.100. The van der Waals surface area contributed by atoms with E-state index in [1.54, 1.807) is 18.0 Å². The molecule has 2 fully saturated rings. The smallest absolute Gasteiger partial charge is 0.198 e. The standard InChI is InChI=1S/C56H46FN5O4/c1-63-46-34-32-39(33-35-46)36-64-50-53(65-48-49(54(48,50)57)66-56(43-26-14-5-15-27-43,44-28-16-6-17-29-44)45-30-18-7-19-31-45)62-38-60-47-51(58-37-59-52(47)62)61-55(40-20-8-2-9-21-40,41-22-10-3-11-23-41)42-24-12-4-13-25-42/h2-35,37-38,48-50,53H,36H2,1H3,(H,58,59,61)/t48-,49?,50+,53-,54+/m1/s1. The van der Waals surface area contributed by atoms with Gasteiger partial charge in [0, 0.05) is 0 Å². The number of nitrogens with zero attached hydrogens (tertiary/aromatic N) is 4. The maximum absolute atomic E-state index is 18.5. The molecule has 5 atom stereocenters. The van der Waals surface area contributed by atoms with Crippen molar-refractivity contribution in [2.45, 2.75) is 48.0 Å². The number of ether oxygens (including phenoxy) is 4. The molecule has 2 aromatic heterocycles. The summed E-state index contributed by atoms with van der Waals surface area (Å²) in [6.07, 6.45) is -0.969. The molecule has 9 aromatic rings. The second-order valence-corrected chi connectivity index (χ2v) is 16.7. The van der Waals surface area contributed by atoms with Crippen molar-refractivity contribution in [3.63, 3.8) is 0 Å². The zero-order valence-corrected chi connectivity index (χ0v) is 36.1. The third kappa shape index (κ3) is 6.93. The van der Waals surface area contributed by atoms with Crippen LogP contribution in [0.3, 0.4) is 0 Å². The molecule has 326 valence electrons. The van der Waals surface area contributed by atoms with E-state index < -0.39 is 41.3 Å². The van der Waals surface area contributed by atoms with Crippen molar-refractivity contribution in [1.29, 1.82) is 0 Å². The predicted molar refractivity (Wildman–Crippen MR) is 252 cm³/mol. The molecule has 0 amide bonds. The van der Waals surface area contributed by atoms with Gasteiger partial charge in [-0.15, -0.1) is 0 Å². The highest BCUT2D eigenvalue weighted by atomic mass is 19.1. The summed E-state index contributed by atoms with van der Waals surface area (Å²) in [6, 6.07) is 68.3. The quantitative estimate of drug-likeness (QED) is 0.102. The van der Waals surface area contributed by atoms with E-state index in [0.29, 0.717) is 22.7 Å². The van der Waals surface area contributed by atoms with E-state index in [1.807, 2.05) is 170 Å². The average molecular weight is 872 g/mol. The number of methoxy groups -OCH3 is 1. The van der Waals surface area contributed by atoms with Crippen LogP contribution in [0.25, 0.3) is 11.2 Å². The Morgan fingerprint density at radius 1 is 0.591 bits per heavy atom. The molecule has 11 rings (SSSR count). The van der Waals surface area contributed by atoms with E-state index in [1.165, 1.54) is 6.33 Å². The molecule has 2 aliphatic rings. The Balaban J connectivity index is 1.000. The summed E-state index contributed by atoms with van der Waals surface area (Å²) >= 11 is 0. The van der Waals surface area contributed by atoms with Crippen molar-refractivity contribution in [2.75, 3.05) is 12.4 Å². The Morgan fingerprint density at radius 2 is 1.06 bits per heavy atom. The van der Waals surface area contributed by atoms with Gasteiger partial charge in [0.05, 0.1) is 20.0 Å². The van der Waals surface area contributed by atoms with Crippen LogP contribution < -0.4 is 10.1 Å². The number of nitrogens with one attached hydrogen (secondary N) is 1. The lowest BCUT2D eigenvalue weighted by Crippen LogP contribution is -2.41. The highest BCUT2D eigenvalue weighted by Crippen LogP contribution is 2.62. The molecule has 1 N–H and O–H groups in total. The van der Waals surface area contributed by atoms with Gasteiger partial charge in [0.1, 0.15) is 41.5 Å². The van der Waals surface area contributed by atoms with Crippen molar-refractivity contribution in [3.05, 3.63) is 258 Å². The van der Waals surface area contributed by atoms with Crippen molar-refractivity contribution in [3.8, 4) is 5.75 Å². The molecule has 1 aliphatic heterocycles. The molecule has 1 saturated heterocycles. The van der Waals surface area contributed by atoms with Gasteiger partial charge in [-0.2, -0.15) is 0 Å². The zero-order valence-electron chi connectivity index (χ0n) is 36.1. The summed E-state index contributed by atoms with van der Waals surface area (Å²) in [6.45, 7) is 0.100. The molecule has 0 spiro atoms. The summed E-state index contributed by atoms with van der Waals surface area (Å²) in [5, 5.41) is 3.86. The maximum Gasteiger partial charge on any atom is 0.198 e. The SMILES string of the molecule is COc1ccc(CO[C@H]2[C@H](n3cnc4c(NC(c5ccccc5)(c5ccccc5)c5ccccc5)ncnc43)O[C@@H]3C(OC(c4ccccc4)(c4ccccc4)c4ccccc4)[C@@]32F)cc1. The molecule has 0 bridgehead atoms. The minimum Gasteiger partial charge on any atom is -0.497 e. The van der Waals surface area contributed by atoms with Crippen LogP contribution in [-0.4, -0.2) is 50.6 Å². The lowest BCUT2D eigenvalue weighted by atomic mass is 9.77. The van der Waals surface area contributed by atoms with Crippen LogP contribution in [0.2, 0.25) is 0 Å². The third-order valence-electron chi connectivity index (χ3n) is 13.0. The first-order chi connectivity index (χ1) is 32.5. The molecule has 0 radical (unpaired) electrons. The van der Waals surface area contributed by atoms with Gasteiger partial charge >= 0.3 is 0 Å². The largest absolute Gasteiger partial charge is 0.497 e. The van der Waals surface area contributed by atoms with Gasteiger partial charge < -0.3 is 24.3 Å². The molecule has 9 nitrogen and oxygen atoms in total. The van der Waals surface area contributed by atoms with E-state index in [2.05, 4.69) is 41.7 Å². The zero-order chi connectivity index (χ0) is 44.6. The fraction of sp³-hybridized carbons (Fsp3) is 0.161. The normalized spacial score (nSPS) is 20.2.